The number of imide groups is 1. The monoisotopic (exact) mass is 601 g/mol. The van der Waals surface area contributed by atoms with Gasteiger partial charge in [0.05, 0.1) is 18.2 Å². The highest BCUT2D eigenvalue weighted by molar-refractivity contribution is 6.05. The standard InChI is InChI=1S/C32H29F2N5O5/c33-24-13-20(29(41)19-8-10-38(11-9-19)30-25(34)12-18(14-35)15-36-30)4-5-21(24)17-44-27-3-1-2-22-23(27)16-39(32(22)43)26-6-7-28(40)37-31(26)42/h1-5,12-13,15,19,26,29,41H,6-11,16-17H2,(H,37,40,42)/t26-,29?/m0/s1. The number of ether oxygens (including phenoxy) is 1. The summed E-state index contributed by atoms with van der Waals surface area (Å²) in [5.41, 5.74) is 1.83. The van der Waals surface area contributed by atoms with Crippen LogP contribution >= 0.6 is 0 Å². The van der Waals surface area contributed by atoms with Crippen molar-refractivity contribution in [3.8, 4) is 11.8 Å². The maximum atomic E-state index is 15.2. The molecule has 0 aliphatic carbocycles. The Kier molecular flexibility index (Phi) is 7.97. The van der Waals surface area contributed by atoms with E-state index >= 15 is 4.39 Å². The summed E-state index contributed by atoms with van der Waals surface area (Å²) < 4.78 is 35.5. The van der Waals surface area contributed by atoms with Crippen LogP contribution in [0, 0.1) is 28.9 Å². The average molecular weight is 602 g/mol. The van der Waals surface area contributed by atoms with Gasteiger partial charge < -0.3 is 19.6 Å². The summed E-state index contributed by atoms with van der Waals surface area (Å²) in [5, 5.41) is 22.2. The van der Waals surface area contributed by atoms with E-state index in [0.29, 0.717) is 48.4 Å². The molecule has 4 heterocycles. The van der Waals surface area contributed by atoms with Crippen LogP contribution in [0.4, 0.5) is 14.6 Å². The number of piperidine rings is 2. The molecule has 12 heteroatoms. The summed E-state index contributed by atoms with van der Waals surface area (Å²) in [6, 6.07) is 11.8. The number of benzene rings is 2. The Balaban J connectivity index is 1.08. The maximum Gasteiger partial charge on any atom is 0.255 e. The molecule has 1 aromatic heterocycles. The third-order valence-electron chi connectivity index (χ3n) is 8.58. The van der Waals surface area contributed by atoms with E-state index in [-0.39, 0.29) is 60.7 Å². The number of nitriles is 1. The number of nitrogens with zero attached hydrogens (tertiary/aromatic N) is 4. The van der Waals surface area contributed by atoms with Gasteiger partial charge in [0.25, 0.3) is 5.91 Å². The van der Waals surface area contributed by atoms with Gasteiger partial charge >= 0.3 is 0 Å². The van der Waals surface area contributed by atoms with Gasteiger partial charge in [0.15, 0.2) is 11.6 Å². The number of carbonyl (C=O) groups excluding carboxylic acids is 3. The molecule has 3 aliphatic heterocycles. The van der Waals surface area contributed by atoms with Crippen LogP contribution < -0.4 is 15.0 Å². The van der Waals surface area contributed by atoms with Crippen LogP contribution in [0.5, 0.6) is 5.75 Å². The molecule has 3 aliphatic rings. The van der Waals surface area contributed by atoms with Gasteiger partial charge in [0.2, 0.25) is 11.8 Å². The van der Waals surface area contributed by atoms with E-state index in [4.69, 9.17) is 10.00 Å². The van der Waals surface area contributed by atoms with E-state index in [1.807, 2.05) is 6.07 Å². The lowest BCUT2D eigenvalue weighted by Crippen LogP contribution is -2.52. The van der Waals surface area contributed by atoms with Gasteiger partial charge in [-0.25, -0.2) is 13.8 Å². The quantitative estimate of drug-likeness (QED) is 0.393. The molecule has 0 bridgehead atoms. The molecule has 2 fully saturated rings. The number of amides is 3. The highest BCUT2D eigenvalue weighted by Crippen LogP contribution is 2.35. The number of hydrogen-bond acceptors (Lipinski definition) is 8. The van der Waals surface area contributed by atoms with E-state index in [1.165, 1.54) is 17.2 Å². The number of halogens is 2. The van der Waals surface area contributed by atoms with Crippen molar-refractivity contribution in [3.05, 3.63) is 88.1 Å². The number of aliphatic hydroxyl groups is 1. The summed E-state index contributed by atoms with van der Waals surface area (Å²) in [7, 11) is 0. The maximum absolute atomic E-state index is 15.2. The first-order valence-electron chi connectivity index (χ1n) is 14.4. The number of anilines is 1. The van der Waals surface area contributed by atoms with Crippen molar-refractivity contribution in [2.45, 2.75) is 51.0 Å². The zero-order valence-electron chi connectivity index (χ0n) is 23.6. The van der Waals surface area contributed by atoms with Gasteiger partial charge in [0.1, 0.15) is 30.3 Å². The molecule has 226 valence electrons. The Hall–Kier alpha value is -4.89. The van der Waals surface area contributed by atoms with Crippen LogP contribution in [0.3, 0.4) is 0 Å². The van der Waals surface area contributed by atoms with Crippen molar-refractivity contribution in [1.82, 2.24) is 15.2 Å². The molecule has 3 amide bonds. The Morgan fingerprint density at radius 1 is 1.09 bits per heavy atom. The molecule has 2 aromatic carbocycles. The largest absolute Gasteiger partial charge is 0.488 e. The van der Waals surface area contributed by atoms with Crippen LogP contribution in [-0.2, 0) is 22.7 Å². The lowest BCUT2D eigenvalue weighted by Gasteiger charge is -2.35. The van der Waals surface area contributed by atoms with Crippen LogP contribution in [0.25, 0.3) is 0 Å². The van der Waals surface area contributed by atoms with Crippen LogP contribution in [0.2, 0.25) is 0 Å². The first kappa shape index (κ1) is 29.2. The van der Waals surface area contributed by atoms with Gasteiger partial charge in [-0.3, -0.25) is 19.7 Å². The number of nitrogens with one attached hydrogen (secondary N) is 1. The second-order valence-corrected chi connectivity index (χ2v) is 11.2. The molecule has 3 aromatic rings. The zero-order valence-corrected chi connectivity index (χ0v) is 23.6. The predicted molar refractivity (Wildman–Crippen MR) is 152 cm³/mol. The fourth-order valence-corrected chi connectivity index (χ4v) is 6.14. The SMILES string of the molecule is N#Cc1cnc(N2CCC(C(O)c3ccc(COc4cccc5c4CN([C@H]4CCC(=O)NC4=O)C5=O)c(F)c3)CC2)c(F)c1. The Labute approximate surface area is 251 Å². The fourth-order valence-electron chi connectivity index (χ4n) is 6.14. The summed E-state index contributed by atoms with van der Waals surface area (Å²) in [4.78, 5) is 44.2. The van der Waals surface area contributed by atoms with E-state index in [0.717, 1.165) is 6.07 Å². The Bertz CT molecular complexity index is 1680. The zero-order chi connectivity index (χ0) is 31.0. The highest BCUT2D eigenvalue weighted by Gasteiger charge is 2.40. The minimum absolute atomic E-state index is 0.118. The average Bonchev–Trinajstić information content (AvgIpc) is 3.36. The number of hydrogen-bond donors (Lipinski definition) is 2. The third kappa shape index (κ3) is 5.58. The van der Waals surface area contributed by atoms with Crippen molar-refractivity contribution < 1.29 is 33.0 Å². The molecule has 6 rings (SSSR count). The molecular formula is C32H29F2N5O5. The van der Waals surface area contributed by atoms with E-state index in [9.17, 15) is 23.9 Å². The van der Waals surface area contributed by atoms with Crippen molar-refractivity contribution in [3.63, 3.8) is 0 Å². The topological polar surface area (TPSA) is 136 Å². The Morgan fingerprint density at radius 3 is 2.59 bits per heavy atom. The molecule has 2 saturated heterocycles. The number of aromatic nitrogens is 1. The summed E-state index contributed by atoms with van der Waals surface area (Å²) in [6.45, 7) is 0.928. The van der Waals surface area contributed by atoms with Crippen LogP contribution in [0.1, 0.15) is 64.4 Å². The van der Waals surface area contributed by atoms with Gasteiger partial charge in [-0.2, -0.15) is 5.26 Å². The van der Waals surface area contributed by atoms with E-state index < -0.39 is 29.7 Å². The van der Waals surface area contributed by atoms with Gasteiger partial charge in [-0.05, 0) is 55.0 Å². The molecule has 0 radical (unpaired) electrons. The van der Waals surface area contributed by atoms with Crippen LogP contribution in [0.15, 0.2) is 48.7 Å². The van der Waals surface area contributed by atoms with E-state index in [1.54, 1.807) is 35.2 Å². The van der Waals surface area contributed by atoms with Crippen LogP contribution in [-0.4, -0.2) is 51.8 Å². The summed E-state index contributed by atoms with van der Waals surface area (Å²) >= 11 is 0. The number of aliphatic hydroxyl groups excluding tert-OH is 1. The third-order valence-corrected chi connectivity index (χ3v) is 8.58. The number of carbonyl (C=O) groups is 3. The summed E-state index contributed by atoms with van der Waals surface area (Å²) in [6.07, 6.45) is 1.90. The van der Waals surface area contributed by atoms with Crippen molar-refractivity contribution in [2.24, 2.45) is 5.92 Å². The lowest BCUT2D eigenvalue weighted by molar-refractivity contribution is -0.136. The molecule has 0 saturated carbocycles. The summed E-state index contributed by atoms with van der Waals surface area (Å²) in [5.74, 6) is -1.90. The minimum Gasteiger partial charge on any atom is -0.488 e. The highest BCUT2D eigenvalue weighted by atomic mass is 19.1. The van der Waals surface area contributed by atoms with Crippen molar-refractivity contribution in [1.29, 1.82) is 5.26 Å². The first-order chi connectivity index (χ1) is 21.2. The second kappa shape index (κ2) is 12.0. The normalized spacial score (nSPS) is 19.4. The molecule has 2 atom stereocenters. The molecule has 10 nitrogen and oxygen atoms in total. The number of fused-ring (bicyclic) bond motifs is 1. The van der Waals surface area contributed by atoms with Gasteiger partial charge in [-0.1, -0.05) is 18.2 Å². The van der Waals surface area contributed by atoms with Crippen molar-refractivity contribution in [2.75, 3.05) is 18.0 Å². The minimum atomic E-state index is -0.915. The Morgan fingerprint density at radius 2 is 1.89 bits per heavy atom. The molecule has 44 heavy (non-hydrogen) atoms. The first-order valence-corrected chi connectivity index (χ1v) is 14.4. The smallest absolute Gasteiger partial charge is 0.255 e. The molecule has 2 N–H and O–H groups in total. The molecule has 0 spiro atoms. The van der Waals surface area contributed by atoms with Crippen molar-refractivity contribution >= 4 is 23.5 Å². The van der Waals surface area contributed by atoms with Gasteiger partial charge in [0, 0.05) is 42.4 Å². The number of pyridine rings is 1. The van der Waals surface area contributed by atoms with Gasteiger partial charge in [-0.15, -0.1) is 0 Å². The second-order valence-electron chi connectivity index (χ2n) is 11.2. The fraction of sp³-hybridized carbons (Fsp3) is 0.344. The molecule has 1 unspecified atom stereocenters. The number of rotatable bonds is 7. The lowest BCUT2D eigenvalue weighted by atomic mass is 9.87. The molecular weight excluding hydrogens is 572 g/mol. The predicted octanol–water partition coefficient (Wildman–Crippen LogP) is 3.52. The van der Waals surface area contributed by atoms with E-state index in [2.05, 4.69) is 10.3 Å².